The third kappa shape index (κ3) is 3.56. The molecule has 0 saturated heterocycles. The number of thiophene rings is 1. The fourth-order valence-electron chi connectivity index (χ4n) is 0.924. The molecular weight excluding hydrogens is 254 g/mol. The molecule has 1 aromatic heterocycles. The van der Waals surface area contributed by atoms with Crippen LogP contribution in [0.2, 0.25) is 0 Å². The van der Waals surface area contributed by atoms with E-state index in [1.165, 1.54) is 12.1 Å². The van der Waals surface area contributed by atoms with E-state index in [0.29, 0.717) is 4.88 Å². The molecule has 0 spiro atoms. The van der Waals surface area contributed by atoms with Gasteiger partial charge < -0.3 is 5.11 Å². The molecule has 0 fully saturated rings. The molecule has 0 aliphatic carbocycles. The van der Waals surface area contributed by atoms with Crippen LogP contribution in [0.25, 0.3) is 0 Å². The highest BCUT2D eigenvalue weighted by atomic mass is 32.2. The van der Waals surface area contributed by atoms with Gasteiger partial charge in [0.1, 0.15) is 4.21 Å². The molecule has 0 unspecified atom stereocenters. The second-order valence-corrected chi connectivity index (χ2v) is 5.85. The van der Waals surface area contributed by atoms with Crippen LogP contribution < -0.4 is 4.89 Å². The second-order valence-electron chi connectivity index (χ2n) is 2.81. The molecule has 1 rings (SSSR count). The van der Waals surface area contributed by atoms with E-state index in [1.807, 2.05) is 4.89 Å². The Bertz CT molecular complexity index is 465. The fraction of sp³-hybridized carbons (Fsp3) is 0.375. The molecule has 1 heterocycles. The number of hydrogen-bond donors (Lipinski definition) is 2. The standard InChI is InChI=1S/C8H11NO5S2/c1-2-14-9-16(12,13)8-4-3-6(15-8)5-7(10)11/h3-4,9H,2,5H2,1H3,(H,10,11). The Morgan fingerprint density at radius 3 is 2.81 bits per heavy atom. The van der Waals surface area contributed by atoms with Crippen LogP contribution in [0.3, 0.4) is 0 Å². The lowest BCUT2D eigenvalue weighted by Crippen LogP contribution is -2.23. The summed E-state index contributed by atoms with van der Waals surface area (Å²) in [6, 6.07) is 2.82. The lowest BCUT2D eigenvalue weighted by atomic mass is 10.3. The number of rotatable bonds is 6. The average Bonchev–Trinajstić information content (AvgIpc) is 2.63. The first-order valence-corrected chi connectivity index (χ1v) is 6.69. The molecule has 0 atom stereocenters. The molecule has 16 heavy (non-hydrogen) atoms. The highest BCUT2D eigenvalue weighted by Gasteiger charge is 2.17. The predicted octanol–water partition coefficient (Wildman–Crippen LogP) is 0.605. The number of nitrogens with one attached hydrogen (secondary N) is 1. The van der Waals surface area contributed by atoms with Gasteiger partial charge in [0, 0.05) is 4.88 Å². The van der Waals surface area contributed by atoms with Crippen LogP contribution >= 0.6 is 11.3 Å². The molecule has 0 bridgehead atoms. The fourth-order valence-corrected chi connectivity index (χ4v) is 3.11. The van der Waals surface area contributed by atoms with Crippen molar-refractivity contribution in [1.82, 2.24) is 4.89 Å². The molecule has 0 aliphatic heterocycles. The summed E-state index contributed by atoms with van der Waals surface area (Å²) in [4.78, 5) is 17.4. The summed E-state index contributed by atoms with van der Waals surface area (Å²) in [7, 11) is -3.68. The van der Waals surface area contributed by atoms with Gasteiger partial charge in [0.2, 0.25) is 0 Å². The Morgan fingerprint density at radius 1 is 1.56 bits per heavy atom. The van der Waals surface area contributed by atoms with E-state index in [9.17, 15) is 13.2 Å². The van der Waals surface area contributed by atoms with E-state index in [4.69, 9.17) is 5.11 Å². The highest BCUT2D eigenvalue weighted by Crippen LogP contribution is 2.21. The Hall–Kier alpha value is -0.960. The summed E-state index contributed by atoms with van der Waals surface area (Å²) in [6.45, 7) is 1.86. The van der Waals surface area contributed by atoms with Gasteiger partial charge in [-0.2, -0.15) is 0 Å². The van der Waals surface area contributed by atoms with Gasteiger partial charge in [-0.1, -0.05) is 4.89 Å². The summed E-state index contributed by atoms with van der Waals surface area (Å²) in [5.41, 5.74) is 0. The monoisotopic (exact) mass is 265 g/mol. The molecule has 90 valence electrons. The van der Waals surface area contributed by atoms with Crippen LogP contribution in [0.4, 0.5) is 0 Å². The van der Waals surface area contributed by atoms with Crippen molar-refractivity contribution in [2.45, 2.75) is 17.6 Å². The predicted molar refractivity (Wildman–Crippen MR) is 57.6 cm³/mol. The summed E-state index contributed by atoms with van der Waals surface area (Å²) >= 11 is 0.907. The third-order valence-electron chi connectivity index (χ3n) is 1.54. The van der Waals surface area contributed by atoms with E-state index in [-0.39, 0.29) is 17.2 Å². The highest BCUT2D eigenvalue weighted by molar-refractivity contribution is 7.91. The van der Waals surface area contributed by atoms with Crippen LogP contribution in [-0.4, -0.2) is 26.1 Å². The average molecular weight is 265 g/mol. The van der Waals surface area contributed by atoms with Gasteiger partial charge in [-0.15, -0.1) is 11.3 Å². The molecule has 0 aliphatic rings. The van der Waals surface area contributed by atoms with Gasteiger partial charge in [0.15, 0.2) is 0 Å². The zero-order valence-electron chi connectivity index (χ0n) is 8.47. The molecule has 0 aromatic carbocycles. The number of carbonyl (C=O) groups is 1. The van der Waals surface area contributed by atoms with E-state index in [2.05, 4.69) is 4.84 Å². The molecule has 1 aromatic rings. The summed E-state index contributed by atoms with van der Waals surface area (Å²) in [5, 5.41) is 8.54. The van der Waals surface area contributed by atoms with Crippen LogP contribution in [0.1, 0.15) is 11.8 Å². The summed E-state index contributed by atoms with van der Waals surface area (Å²) < 4.78 is 23.1. The van der Waals surface area contributed by atoms with Gasteiger partial charge in [-0.3, -0.25) is 9.63 Å². The summed E-state index contributed by atoms with van der Waals surface area (Å²) in [6.07, 6.45) is -0.186. The van der Waals surface area contributed by atoms with Crippen molar-refractivity contribution >= 4 is 27.3 Å². The smallest absolute Gasteiger partial charge is 0.308 e. The normalized spacial score (nSPS) is 11.6. The largest absolute Gasteiger partial charge is 0.481 e. The number of aliphatic carboxylic acids is 1. The third-order valence-corrected chi connectivity index (χ3v) is 4.33. The number of carboxylic acids is 1. The van der Waals surface area contributed by atoms with Crippen molar-refractivity contribution in [2.24, 2.45) is 0 Å². The molecule has 0 amide bonds. The molecule has 0 radical (unpaired) electrons. The van der Waals surface area contributed by atoms with Crippen LogP contribution in [0.15, 0.2) is 16.3 Å². The van der Waals surface area contributed by atoms with Crippen molar-refractivity contribution in [3.63, 3.8) is 0 Å². The SMILES string of the molecule is CCONS(=O)(=O)c1ccc(CC(=O)O)s1. The van der Waals surface area contributed by atoms with E-state index >= 15 is 0 Å². The van der Waals surface area contributed by atoms with Gasteiger partial charge in [-0.05, 0) is 19.1 Å². The Balaban J connectivity index is 2.80. The molecule has 6 nitrogen and oxygen atoms in total. The Kier molecular flexibility index (Phi) is 4.42. The van der Waals surface area contributed by atoms with Gasteiger partial charge in [0.25, 0.3) is 10.0 Å². The number of sulfonamides is 1. The minimum absolute atomic E-state index is 0.0391. The summed E-state index contributed by atoms with van der Waals surface area (Å²) in [5.74, 6) is -0.997. The van der Waals surface area contributed by atoms with E-state index in [1.54, 1.807) is 6.92 Å². The molecule has 8 heteroatoms. The topological polar surface area (TPSA) is 92.7 Å². The van der Waals surface area contributed by atoms with Crippen molar-refractivity contribution in [3.8, 4) is 0 Å². The maximum absolute atomic E-state index is 11.5. The minimum Gasteiger partial charge on any atom is -0.481 e. The quantitative estimate of drug-likeness (QED) is 0.735. The van der Waals surface area contributed by atoms with Gasteiger partial charge in [-0.25, -0.2) is 8.42 Å². The number of carboxylic acid groups (broad SMARTS) is 1. The first-order chi connectivity index (χ1) is 7.45. The van der Waals surface area contributed by atoms with E-state index in [0.717, 1.165) is 11.3 Å². The second kappa shape index (κ2) is 5.39. The van der Waals surface area contributed by atoms with Crippen molar-refractivity contribution in [1.29, 1.82) is 0 Å². The molecule has 2 N–H and O–H groups in total. The van der Waals surface area contributed by atoms with Crippen LogP contribution in [-0.2, 0) is 26.1 Å². The van der Waals surface area contributed by atoms with Crippen LogP contribution in [0, 0.1) is 0 Å². The number of hydrogen-bond acceptors (Lipinski definition) is 5. The van der Waals surface area contributed by atoms with Gasteiger partial charge >= 0.3 is 5.97 Å². The van der Waals surface area contributed by atoms with Crippen molar-refractivity contribution in [3.05, 3.63) is 17.0 Å². The maximum Gasteiger partial charge on any atom is 0.308 e. The zero-order valence-corrected chi connectivity index (χ0v) is 10.1. The minimum atomic E-state index is -3.68. The first kappa shape index (κ1) is 13.1. The van der Waals surface area contributed by atoms with Crippen molar-refractivity contribution in [2.75, 3.05) is 6.61 Å². The lowest BCUT2D eigenvalue weighted by molar-refractivity contribution is -0.136. The zero-order chi connectivity index (χ0) is 12.2. The molecule has 0 saturated carbocycles. The van der Waals surface area contributed by atoms with Crippen molar-refractivity contribution < 1.29 is 23.2 Å². The molecular formula is C8H11NO5S2. The van der Waals surface area contributed by atoms with E-state index < -0.39 is 16.0 Å². The first-order valence-electron chi connectivity index (χ1n) is 4.40. The lowest BCUT2D eigenvalue weighted by Gasteiger charge is -2.02. The van der Waals surface area contributed by atoms with Crippen LogP contribution in [0.5, 0.6) is 0 Å². The Labute approximate surface area is 96.9 Å². The van der Waals surface area contributed by atoms with Gasteiger partial charge in [0.05, 0.1) is 13.0 Å². The Morgan fingerprint density at radius 2 is 2.25 bits per heavy atom. The maximum atomic E-state index is 11.5.